The Morgan fingerprint density at radius 1 is 0.850 bits per heavy atom. The SMILES string of the molecule is C1=C[C@@H]2C[C@H]1C[C@@H]2CN1CCN(C2CCCCC2)CC1. The van der Waals surface area contributed by atoms with Crippen LogP contribution in [-0.2, 0) is 0 Å². The van der Waals surface area contributed by atoms with E-state index in [0.29, 0.717) is 0 Å². The number of hydrogen-bond acceptors (Lipinski definition) is 2. The zero-order valence-electron chi connectivity index (χ0n) is 12.8. The summed E-state index contributed by atoms with van der Waals surface area (Å²) in [5.74, 6) is 2.84. The van der Waals surface area contributed by atoms with Gasteiger partial charge in [-0.05, 0) is 43.4 Å². The molecule has 2 bridgehead atoms. The normalized spacial score (nSPS) is 39.7. The van der Waals surface area contributed by atoms with Crippen molar-refractivity contribution in [2.24, 2.45) is 17.8 Å². The van der Waals surface area contributed by atoms with Gasteiger partial charge >= 0.3 is 0 Å². The first-order valence-electron chi connectivity index (χ1n) is 9.03. The van der Waals surface area contributed by atoms with Crippen molar-refractivity contribution < 1.29 is 0 Å². The molecule has 0 spiro atoms. The minimum atomic E-state index is 0.927. The Morgan fingerprint density at radius 2 is 1.65 bits per heavy atom. The number of hydrogen-bond donors (Lipinski definition) is 0. The second-order valence-corrected chi connectivity index (χ2v) is 7.67. The maximum atomic E-state index is 2.80. The van der Waals surface area contributed by atoms with Crippen LogP contribution in [0.2, 0.25) is 0 Å². The first-order valence-corrected chi connectivity index (χ1v) is 9.03. The fourth-order valence-electron chi connectivity index (χ4n) is 5.19. The van der Waals surface area contributed by atoms with Gasteiger partial charge in [0, 0.05) is 38.8 Å². The van der Waals surface area contributed by atoms with Crippen LogP contribution in [-0.4, -0.2) is 48.6 Å². The number of allylic oxidation sites excluding steroid dienone is 2. The molecule has 0 aromatic heterocycles. The van der Waals surface area contributed by atoms with Crippen molar-refractivity contribution in [3.05, 3.63) is 12.2 Å². The van der Waals surface area contributed by atoms with Gasteiger partial charge in [-0.3, -0.25) is 4.90 Å². The Kier molecular flexibility index (Phi) is 3.87. The highest BCUT2D eigenvalue weighted by Crippen LogP contribution is 2.43. The molecule has 4 aliphatic rings. The molecular weight excluding hydrogens is 244 g/mol. The van der Waals surface area contributed by atoms with Gasteiger partial charge in [0.05, 0.1) is 0 Å². The zero-order chi connectivity index (χ0) is 13.4. The Balaban J connectivity index is 1.24. The molecule has 0 aromatic rings. The van der Waals surface area contributed by atoms with Gasteiger partial charge < -0.3 is 4.90 Å². The summed E-state index contributed by atoms with van der Waals surface area (Å²) in [5.41, 5.74) is 0. The molecule has 1 saturated heterocycles. The van der Waals surface area contributed by atoms with E-state index in [9.17, 15) is 0 Å². The van der Waals surface area contributed by atoms with E-state index < -0.39 is 0 Å². The van der Waals surface area contributed by atoms with Gasteiger partial charge in [-0.2, -0.15) is 0 Å². The molecule has 1 heterocycles. The van der Waals surface area contributed by atoms with Crippen molar-refractivity contribution in [1.82, 2.24) is 9.80 Å². The van der Waals surface area contributed by atoms with E-state index in [0.717, 1.165) is 23.8 Å². The monoisotopic (exact) mass is 274 g/mol. The molecule has 0 unspecified atom stereocenters. The van der Waals surface area contributed by atoms with Crippen LogP contribution in [0.5, 0.6) is 0 Å². The van der Waals surface area contributed by atoms with Crippen LogP contribution < -0.4 is 0 Å². The van der Waals surface area contributed by atoms with E-state index in [1.807, 2.05) is 0 Å². The summed E-state index contributed by atoms with van der Waals surface area (Å²) in [6, 6.07) is 0.927. The largest absolute Gasteiger partial charge is 0.300 e. The second kappa shape index (κ2) is 5.81. The average Bonchev–Trinajstić information content (AvgIpc) is 3.12. The molecule has 112 valence electrons. The van der Waals surface area contributed by atoms with Gasteiger partial charge in [-0.15, -0.1) is 0 Å². The molecule has 2 nitrogen and oxygen atoms in total. The molecule has 0 aromatic carbocycles. The Hall–Kier alpha value is -0.340. The first-order chi connectivity index (χ1) is 9.88. The van der Waals surface area contributed by atoms with Gasteiger partial charge in [0.15, 0.2) is 0 Å². The van der Waals surface area contributed by atoms with Crippen LogP contribution in [0.4, 0.5) is 0 Å². The quantitative estimate of drug-likeness (QED) is 0.730. The lowest BCUT2D eigenvalue weighted by Crippen LogP contribution is -2.51. The molecule has 2 heteroatoms. The smallest absolute Gasteiger partial charge is 0.0113 e. The molecule has 3 aliphatic carbocycles. The van der Waals surface area contributed by atoms with Gasteiger partial charge in [-0.25, -0.2) is 0 Å². The minimum absolute atomic E-state index is 0.927. The summed E-state index contributed by atoms with van der Waals surface area (Å²) >= 11 is 0. The van der Waals surface area contributed by atoms with Gasteiger partial charge in [0.2, 0.25) is 0 Å². The van der Waals surface area contributed by atoms with Crippen LogP contribution in [0.15, 0.2) is 12.2 Å². The average molecular weight is 274 g/mol. The van der Waals surface area contributed by atoms with E-state index in [-0.39, 0.29) is 0 Å². The third-order valence-electron chi connectivity index (χ3n) is 6.41. The minimum Gasteiger partial charge on any atom is -0.300 e. The zero-order valence-corrected chi connectivity index (χ0v) is 12.8. The molecule has 0 amide bonds. The molecule has 4 rings (SSSR count). The van der Waals surface area contributed by atoms with E-state index in [1.165, 1.54) is 77.7 Å². The van der Waals surface area contributed by atoms with E-state index in [1.54, 1.807) is 0 Å². The lowest BCUT2D eigenvalue weighted by atomic mass is 9.92. The lowest BCUT2D eigenvalue weighted by Gasteiger charge is -2.41. The van der Waals surface area contributed by atoms with Crippen LogP contribution >= 0.6 is 0 Å². The Labute approximate surface area is 124 Å². The molecule has 3 fully saturated rings. The predicted octanol–water partition coefficient (Wildman–Crippen LogP) is 3.15. The molecule has 0 N–H and O–H groups in total. The fraction of sp³-hybridized carbons (Fsp3) is 0.889. The lowest BCUT2D eigenvalue weighted by molar-refractivity contribution is 0.0686. The maximum Gasteiger partial charge on any atom is 0.0113 e. The van der Waals surface area contributed by atoms with Crippen LogP contribution in [0.25, 0.3) is 0 Å². The van der Waals surface area contributed by atoms with Crippen molar-refractivity contribution in [2.45, 2.75) is 51.0 Å². The van der Waals surface area contributed by atoms with Crippen molar-refractivity contribution in [2.75, 3.05) is 32.7 Å². The maximum absolute atomic E-state index is 2.80. The first kappa shape index (κ1) is 13.3. The Morgan fingerprint density at radius 3 is 2.30 bits per heavy atom. The number of rotatable bonds is 3. The molecular formula is C18H30N2. The van der Waals surface area contributed by atoms with Gasteiger partial charge in [-0.1, -0.05) is 31.4 Å². The molecule has 1 aliphatic heterocycles. The third-order valence-corrected chi connectivity index (χ3v) is 6.41. The van der Waals surface area contributed by atoms with E-state index in [4.69, 9.17) is 0 Å². The van der Waals surface area contributed by atoms with Crippen molar-refractivity contribution in [3.63, 3.8) is 0 Å². The predicted molar refractivity (Wildman–Crippen MR) is 83.7 cm³/mol. The van der Waals surface area contributed by atoms with Crippen molar-refractivity contribution in [3.8, 4) is 0 Å². The summed E-state index contributed by atoms with van der Waals surface area (Å²) in [6.07, 6.45) is 15.3. The van der Waals surface area contributed by atoms with Crippen LogP contribution in [0.1, 0.15) is 44.9 Å². The summed E-state index contributed by atoms with van der Waals surface area (Å²) < 4.78 is 0. The topological polar surface area (TPSA) is 6.48 Å². The van der Waals surface area contributed by atoms with E-state index >= 15 is 0 Å². The molecule has 2 saturated carbocycles. The number of fused-ring (bicyclic) bond motifs is 2. The van der Waals surface area contributed by atoms with Crippen LogP contribution in [0.3, 0.4) is 0 Å². The Bertz CT molecular complexity index is 350. The number of piperazine rings is 1. The highest BCUT2D eigenvalue weighted by molar-refractivity contribution is 5.10. The summed E-state index contributed by atoms with van der Waals surface area (Å²) in [4.78, 5) is 5.56. The summed E-state index contributed by atoms with van der Waals surface area (Å²) in [5, 5.41) is 0. The third kappa shape index (κ3) is 2.69. The second-order valence-electron chi connectivity index (χ2n) is 7.67. The molecule has 0 radical (unpaired) electrons. The molecule has 20 heavy (non-hydrogen) atoms. The summed E-state index contributed by atoms with van der Waals surface area (Å²) in [6.45, 7) is 6.70. The van der Waals surface area contributed by atoms with Crippen molar-refractivity contribution in [1.29, 1.82) is 0 Å². The standard InChI is InChI=1S/C18H30N2/c1-2-4-18(5-3-1)20-10-8-19(9-11-20)14-17-13-15-6-7-16(17)12-15/h6-7,15-18H,1-5,8-14H2/t15-,16+,17+/m0/s1. The van der Waals surface area contributed by atoms with Crippen LogP contribution in [0, 0.1) is 17.8 Å². The fourth-order valence-corrected chi connectivity index (χ4v) is 5.19. The summed E-state index contributed by atoms with van der Waals surface area (Å²) in [7, 11) is 0. The number of nitrogens with zero attached hydrogens (tertiary/aromatic N) is 2. The van der Waals surface area contributed by atoms with Gasteiger partial charge in [0.25, 0.3) is 0 Å². The van der Waals surface area contributed by atoms with Gasteiger partial charge in [0.1, 0.15) is 0 Å². The van der Waals surface area contributed by atoms with Crippen molar-refractivity contribution >= 4 is 0 Å². The van der Waals surface area contributed by atoms with E-state index in [2.05, 4.69) is 22.0 Å². The highest BCUT2D eigenvalue weighted by Gasteiger charge is 2.37. The molecule has 3 atom stereocenters. The highest BCUT2D eigenvalue weighted by atomic mass is 15.3.